The molecule has 2 heterocycles. The molecule has 36 heavy (non-hydrogen) atoms. The maximum Gasteiger partial charge on any atom is 0.314 e. The third-order valence-corrected chi connectivity index (χ3v) is 7.78. The molecule has 2 N–H and O–H groups in total. The predicted octanol–water partition coefficient (Wildman–Crippen LogP) is 3.41. The van der Waals surface area contributed by atoms with Gasteiger partial charge in [0, 0.05) is 33.2 Å². The average Bonchev–Trinajstić information content (AvgIpc) is 2.88. The molecule has 1 aromatic carbocycles. The van der Waals surface area contributed by atoms with Crippen LogP contribution in [0.3, 0.4) is 0 Å². The topological polar surface area (TPSA) is 104 Å². The Morgan fingerprint density at radius 3 is 2.28 bits per heavy atom. The second-order valence-electron chi connectivity index (χ2n) is 10.0. The lowest BCUT2D eigenvalue weighted by molar-refractivity contribution is -0.360. The molecule has 2 aliphatic heterocycles. The highest BCUT2D eigenvalue weighted by molar-refractivity contribution is 5.73. The number of methoxy groups -OCH3 is 3. The van der Waals surface area contributed by atoms with E-state index in [4.69, 9.17) is 23.7 Å². The van der Waals surface area contributed by atoms with E-state index in [0.29, 0.717) is 12.8 Å². The van der Waals surface area contributed by atoms with Crippen LogP contribution in [0.15, 0.2) is 42.5 Å². The molecule has 0 aromatic heterocycles. The normalized spacial score (nSPS) is 41.6. The molecular weight excluding hydrogens is 464 g/mol. The summed E-state index contributed by atoms with van der Waals surface area (Å²) in [5.41, 5.74) is 0.861. The molecule has 0 amide bonds. The van der Waals surface area contributed by atoms with Crippen LogP contribution in [0.4, 0.5) is 0 Å². The summed E-state index contributed by atoms with van der Waals surface area (Å²) in [6, 6.07) is 9.53. The molecule has 2 bridgehead atoms. The highest BCUT2D eigenvalue weighted by atomic mass is 16.7. The van der Waals surface area contributed by atoms with Gasteiger partial charge in [-0.15, -0.1) is 0 Å². The number of fused-ring (bicyclic) bond motifs is 2. The predicted molar refractivity (Wildman–Crippen MR) is 134 cm³/mol. The van der Waals surface area contributed by atoms with Crippen molar-refractivity contribution < 1.29 is 38.7 Å². The zero-order chi connectivity index (χ0) is 26.5. The van der Waals surface area contributed by atoms with Gasteiger partial charge >= 0.3 is 5.97 Å². The molecule has 8 heteroatoms. The van der Waals surface area contributed by atoms with Crippen LogP contribution in [0.5, 0.6) is 0 Å². The number of cyclic esters (lactones) is 1. The lowest BCUT2D eigenvalue weighted by Crippen LogP contribution is -2.66. The van der Waals surface area contributed by atoms with Crippen molar-refractivity contribution in [1.29, 1.82) is 0 Å². The van der Waals surface area contributed by atoms with Gasteiger partial charge < -0.3 is 33.9 Å². The third kappa shape index (κ3) is 6.01. The summed E-state index contributed by atoms with van der Waals surface area (Å²) in [5.74, 6) is -4.39. The van der Waals surface area contributed by atoms with Gasteiger partial charge in [0.05, 0.1) is 18.3 Å². The van der Waals surface area contributed by atoms with Crippen molar-refractivity contribution in [2.75, 3.05) is 21.3 Å². The van der Waals surface area contributed by atoms with Crippen molar-refractivity contribution in [3.05, 3.63) is 48.0 Å². The molecular formula is C28H42O8. The summed E-state index contributed by atoms with van der Waals surface area (Å²) in [6.07, 6.45) is 2.11. The van der Waals surface area contributed by atoms with E-state index in [1.807, 2.05) is 56.3 Å². The summed E-state index contributed by atoms with van der Waals surface area (Å²) in [7, 11) is 4.69. The first-order chi connectivity index (χ1) is 17.2. The van der Waals surface area contributed by atoms with Gasteiger partial charge in [-0.2, -0.15) is 0 Å². The van der Waals surface area contributed by atoms with Crippen molar-refractivity contribution in [2.24, 2.45) is 17.8 Å². The minimum Gasteiger partial charge on any atom is -0.457 e. The lowest BCUT2D eigenvalue weighted by atomic mass is 9.78. The van der Waals surface area contributed by atoms with Gasteiger partial charge in [0.15, 0.2) is 0 Å². The number of aliphatic hydroxyl groups is 2. The number of carbonyl (C=O) groups excluding carboxylic acids is 1. The number of aliphatic hydroxyl groups excluding tert-OH is 1. The summed E-state index contributed by atoms with van der Waals surface area (Å²) >= 11 is 0. The van der Waals surface area contributed by atoms with Gasteiger partial charge in [-0.3, -0.25) is 4.79 Å². The Balaban J connectivity index is 2.03. The summed E-state index contributed by atoms with van der Waals surface area (Å²) in [6.45, 7) is 5.34. The second kappa shape index (κ2) is 12.6. The Hall–Kier alpha value is -1.81. The summed E-state index contributed by atoms with van der Waals surface area (Å²) in [4.78, 5) is 13.4. The first kappa shape index (κ1) is 28.8. The lowest BCUT2D eigenvalue weighted by Gasteiger charge is -2.51. The Morgan fingerprint density at radius 1 is 0.972 bits per heavy atom. The molecule has 10 atom stereocenters. The number of carbonyl (C=O) groups is 1. The van der Waals surface area contributed by atoms with Gasteiger partial charge in [-0.25, -0.2) is 0 Å². The molecule has 0 spiro atoms. The SMILES string of the molecule is CO[C@@H]1[C@@H](O)[C@H](C)[C@H]2O[C@]1(O)[C@H](C)C(=O)O[C@H](c1ccccc1)CCC[C@@H](OC)[C@H](OC)/C=C/[C@@H]2C. The number of ether oxygens (including phenoxy) is 5. The Bertz CT molecular complexity index is 860. The van der Waals surface area contributed by atoms with E-state index in [1.54, 1.807) is 21.1 Å². The average molecular weight is 507 g/mol. The van der Waals surface area contributed by atoms with Gasteiger partial charge in [-0.05, 0) is 31.7 Å². The molecule has 8 nitrogen and oxygen atoms in total. The van der Waals surface area contributed by atoms with Crippen LogP contribution in [0.2, 0.25) is 0 Å². The van der Waals surface area contributed by atoms with Gasteiger partial charge in [-0.1, -0.05) is 56.3 Å². The van der Waals surface area contributed by atoms with E-state index in [2.05, 4.69) is 0 Å². The first-order valence-electron chi connectivity index (χ1n) is 12.8. The first-order valence-corrected chi connectivity index (χ1v) is 12.8. The Morgan fingerprint density at radius 2 is 1.67 bits per heavy atom. The van der Waals surface area contributed by atoms with Crippen LogP contribution in [-0.2, 0) is 28.5 Å². The molecule has 2 aliphatic rings. The van der Waals surface area contributed by atoms with Crippen LogP contribution in [-0.4, -0.2) is 73.8 Å². The van der Waals surface area contributed by atoms with Crippen molar-refractivity contribution in [2.45, 2.75) is 82.4 Å². The molecule has 0 saturated carbocycles. The quantitative estimate of drug-likeness (QED) is 0.473. The smallest absolute Gasteiger partial charge is 0.314 e. The van der Waals surface area contributed by atoms with E-state index in [-0.39, 0.29) is 24.0 Å². The third-order valence-electron chi connectivity index (χ3n) is 7.78. The van der Waals surface area contributed by atoms with Crippen LogP contribution in [0.1, 0.15) is 51.7 Å². The molecule has 0 aliphatic carbocycles. The van der Waals surface area contributed by atoms with Crippen molar-refractivity contribution in [3.8, 4) is 0 Å². The minimum absolute atomic E-state index is 0.195. The van der Waals surface area contributed by atoms with Crippen LogP contribution < -0.4 is 0 Å². The van der Waals surface area contributed by atoms with Crippen LogP contribution in [0.25, 0.3) is 0 Å². The molecule has 1 fully saturated rings. The van der Waals surface area contributed by atoms with E-state index < -0.39 is 42.1 Å². The van der Waals surface area contributed by atoms with E-state index in [1.165, 1.54) is 7.11 Å². The minimum atomic E-state index is -2.08. The van der Waals surface area contributed by atoms with E-state index >= 15 is 0 Å². The zero-order valence-corrected chi connectivity index (χ0v) is 22.2. The van der Waals surface area contributed by atoms with E-state index in [0.717, 1.165) is 12.0 Å². The molecule has 0 unspecified atom stereocenters. The van der Waals surface area contributed by atoms with Crippen molar-refractivity contribution >= 4 is 5.97 Å². The zero-order valence-electron chi connectivity index (χ0n) is 22.2. The van der Waals surface area contributed by atoms with Crippen molar-refractivity contribution in [1.82, 2.24) is 0 Å². The molecule has 1 saturated heterocycles. The maximum atomic E-state index is 13.4. The van der Waals surface area contributed by atoms with E-state index in [9.17, 15) is 15.0 Å². The van der Waals surface area contributed by atoms with Gasteiger partial charge in [0.25, 0.3) is 0 Å². The van der Waals surface area contributed by atoms with Crippen LogP contribution >= 0.6 is 0 Å². The summed E-state index contributed by atoms with van der Waals surface area (Å²) in [5, 5.41) is 22.8. The highest BCUT2D eigenvalue weighted by Gasteiger charge is 2.58. The van der Waals surface area contributed by atoms with Gasteiger partial charge in [0.1, 0.15) is 24.2 Å². The highest BCUT2D eigenvalue weighted by Crippen LogP contribution is 2.42. The number of hydrogen-bond acceptors (Lipinski definition) is 8. The Labute approximate surface area is 214 Å². The Kier molecular flexibility index (Phi) is 10.1. The largest absolute Gasteiger partial charge is 0.457 e. The number of rotatable bonds is 4. The maximum absolute atomic E-state index is 13.4. The number of esters is 1. The molecule has 0 radical (unpaired) electrons. The summed E-state index contributed by atoms with van der Waals surface area (Å²) < 4.78 is 29.2. The second-order valence-corrected chi connectivity index (χ2v) is 10.0. The molecule has 1 aromatic rings. The number of hydrogen-bond donors (Lipinski definition) is 2. The standard InChI is InChI=1S/C28H42O8/c1-17-15-16-23(33-5)22(32-4)14-10-13-21(20-11-8-7-9-12-20)35-27(30)19(3)28(31)26(34-6)24(29)18(2)25(17)36-28/h7-9,11-12,15-19,21-26,29,31H,10,13-14H2,1-6H3/b16-15+/t17-,18-,19+,21-,22+,23+,24-,25-,26+,28+/m0/s1. The van der Waals surface area contributed by atoms with Gasteiger partial charge in [0.2, 0.25) is 5.79 Å². The van der Waals surface area contributed by atoms with Crippen molar-refractivity contribution in [3.63, 3.8) is 0 Å². The monoisotopic (exact) mass is 506 g/mol. The van der Waals surface area contributed by atoms with Crippen LogP contribution in [0, 0.1) is 17.8 Å². The fraction of sp³-hybridized carbons (Fsp3) is 0.679. The fourth-order valence-electron chi connectivity index (χ4n) is 5.39. The number of benzene rings is 1. The molecule has 202 valence electrons. The molecule has 3 rings (SSSR count). The fourth-order valence-corrected chi connectivity index (χ4v) is 5.39.